The van der Waals surface area contributed by atoms with Gasteiger partial charge in [0, 0.05) is 25.0 Å². The lowest BCUT2D eigenvalue weighted by molar-refractivity contribution is -0.116. The van der Waals surface area contributed by atoms with Crippen molar-refractivity contribution in [2.45, 2.75) is 13.3 Å². The lowest BCUT2D eigenvalue weighted by atomic mass is 10.2. The van der Waals surface area contributed by atoms with Gasteiger partial charge in [0.15, 0.2) is 0 Å². The number of aromatic nitrogens is 1. The first-order valence-electron chi connectivity index (χ1n) is 4.69. The van der Waals surface area contributed by atoms with Crippen LogP contribution in [-0.2, 0) is 4.79 Å². The van der Waals surface area contributed by atoms with Crippen LogP contribution in [0, 0.1) is 0 Å². The van der Waals surface area contributed by atoms with Crippen molar-refractivity contribution in [1.29, 1.82) is 0 Å². The second-order valence-corrected chi connectivity index (χ2v) is 2.90. The molecule has 0 fully saturated rings. The maximum Gasteiger partial charge on any atom is 0.243 e. The molecule has 74 valence electrons. The molecule has 0 saturated carbocycles. The summed E-state index contributed by atoms with van der Waals surface area (Å²) in [6.45, 7) is 2.74. The number of nitrogens with zero attached hydrogens (tertiary/aromatic N) is 1. The van der Waals surface area contributed by atoms with Crippen LogP contribution >= 0.6 is 0 Å². The molecule has 1 aromatic heterocycles. The SMILES string of the molecule is CCCNC(=O)/C=C/c1ccncc1. The van der Waals surface area contributed by atoms with Crippen molar-refractivity contribution in [2.24, 2.45) is 0 Å². The van der Waals surface area contributed by atoms with Crippen LogP contribution in [0.2, 0.25) is 0 Å². The molecule has 0 spiro atoms. The van der Waals surface area contributed by atoms with Crippen molar-refractivity contribution < 1.29 is 4.79 Å². The Labute approximate surface area is 83.9 Å². The van der Waals surface area contributed by atoms with Crippen LogP contribution in [-0.4, -0.2) is 17.4 Å². The Bertz CT molecular complexity index is 306. The molecular formula is C11H14N2O. The number of carbonyl (C=O) groups excluding carboxylic acids is 1. The normalized spacial score (nSPS) is 10.4. The highest BCUT2D eigenvalue weighted by Crippen LogP contribution is 1.98. The zero-order chi connectivity index (χ0) is 10.2. The molecular weight excluding hydrogens is 176 g/mol. The van der Waals surface area contributed by atoms with Crippen LogP contribution in [0.3, 0.4) is 0 Å². The number of pyridine rings is 1. The summed E-state index contributed by atoms with van der Waals surface area (Å²) in [5, 5.41) is 2.76. The average Bonchev–Trinajstić information content (AvgIpc) is 2.25. The first-order valence-corrected chi connectivity index (χ1v) is 4.69. The van der Waals surface area contributed by atoms with Crippen LogP contribution in [0.1, 0.15) is 18.9 Å². The third-order valence-corrected chi connectivity index (χ3v) is 1.68. The van der Waals surface area contributed by atoms with Gasteiger partial charge in [-0.25, -0.2) is 0 Å². The number of hydrogen-bond donors (Lipinski definition) is 1. The zero-order valence-corrected chi connectivity index (χ0v) is 8.23. The van der Waals surface area contributed by atoms with E-state index in [-0.39, 0.29) is 5.91 Å². The fourth-order valence-corrected chi connectivity index (χ4v) is 0.954. The van der Waals surface area contributed by atoms with Gasteiger partial charge in [0.25, 0.3) is 0 Å². The molecule has 0 saturated heterocycles. The molecule has 1 amide bonds. The zero-order valence-electron chi connectivity index (χ0n) is 8.23. The first-order chi connectivity index (χ1) is 6.83. The Hall–Kier alpha value is -1.64. The van der Waals surface area contributed by atoms with E-state index < -0.39 is 0 Å². The third kappa shape index (κ3) is 3.85. The molecule has 1 aromatic rings. The summed E-state index contributed by atoms with van der Waals surface area (Å²) in [5.74, 6) is -0.0522. The van der Waals surface area contributed by atoms with Crippen LogP contribution in [0.15, 0.2) is 30.6 Å². The Balaban J connectivity index is 2.44. The second kappa shape index (κ2) is 5.91. The predicted octanol–water partition coefficient (Wildman–Crippen LogP) is 1.62. The second-order valence-electron chi connectivity index (χ2n) is 2.90. The topological polar surface area (TPSA) is 42.0 Å². The van der Waals surface area contributed by atoms with Gasteiger partial charge < -0.3 is 5.32 Å². The van der Waals surface area contributed by atoms with E-state index in [2.05, 4.69) is 10.3 Å². The van der Waals surface area contributed by atoms with E-state index in [1.165, 1.54) is 6.08 Å². The van der Waals surface area contributed by atoms with Gasteiger partial charge in [-0.1, -0.05) is 6.92 Å². The number of amides is 1. The summed E-state index contributed by atoms with van der Waals surface area (Å²) in [4.78, 5) is 15.0. The molecule has 0 radical (unpaired) electrons. The molecule has 0 unspecified atom stereocenters. The van der Waals surface area contributed by atoms with Gasteiger partial charge in [-0.05, 0) is 30.2 Å². The van der Waals surface area contributed by atoms with E-state index in [0.717, 1.165) is 18.5 Å². The maximum atomic E-state index is 11.2. The Morgan fingerprint density at radius 2 is 2.21 bits per heavy atom. The number of carbonyl (C=O) groups is 1. The summed E-state index contributed by atoms with van der Waals surface area (Å²) in [6.07, 6.45) is 7.65. The fourth-order valence-electron chi connectivity index (χ4n) is 0.954. The molecule has 3 nitrogen and oxygen atoms in total. The van der Waals surface area contributed by atoms with E-state index in [4.69, 9.17) is 0 Å². The first kappa shape index (κ1) is 10.4. The quantitative estimate of drug-likeness (QED) is 0.733. The molecule has 3 heteroatoms. The highest BCUT2D eigenvalue weighted by atomic mass is 16.1. The molecule has 1 N–H and O–H groups in total. The average molecular weight is 190 g/mol. The minimum absolute atomic E-state index is 0.0522. The van der Waals surface area contributed by atoms with E-state index in [0.29, 0.717) is 0 Å². The Morgan fingerprint density at radius 3 is 2.86 bits per heavy atom. The monoisotopic (exact) mass is 190 g/mol. The van der Waals surface area contributed by atoms with Crippen molar-refractivity contribution in [3.63, 3.8) is 0 Å². The van der Waals surface area contributed by atoms with Crippen LogP contribution in [0.25, 0.3) is 6.08 Å². The minimum atomic E-state index is -0.0522. The lowest BCUT2D eigenvalue weighted by Gasteiger charge is -1.97. The molecule has 0 atom stereocenters. The minimum Gasteiger partial charge on any atom is -0.353 e. The highest BCUT2D eigenvalue weighted by molar-refractivity contribution is 5.91. The lowest BCUT2D eigenvalue weighted by Crippen LogP contribution is -2.21. The number of rotatable bonds is 4. The smallest absolute Gasteiger partial charge is 0.243 e. The van der Waals surface area contributed by atoms with E-state index in [1.54, 1.807) is 18.5 Å². The summed E-state index contributed by atoms with van der Waals surface area (Å²) in [7, 11) is 0. The summed E-state index contributed by atoms with van der Waals surface area (Å²) in [5.41, 5.74) is 0.978. The molecule has 0 aliphatic carbocycles. The van der Waals surface area contributed by atoms with Gasteiger partial charge >= 0.3 is 0 Å². The number of hydrogen-bond acceptors (Lipinski definition) is 2. The molecule has 0 bridgehead atoms. The summed E-state index contributed by atoms with van der Waals surface area (Å²) >= 11 is 0. The van der Waals surface area contributed by atoms with Crippen LogP contribution < -0.4 is 5.32 Å². The van der Waals surface area contributed by atoms with Crippen molar-refractivity contribution in [2.75, 3.05) is 6.54 Å². The molecule has 1 rings (SSSR count). The van der Waals surface area contributed by atoms with Crippen LogP contribution in [0.4, 0.5) is 0 Å². The van der Waals surface area contributed by atoms with E-state index >= 15 is 0 Å². The van der Waals surface area contributed by atoms with Gasteiger partial charge in [0.1, 0.15) is 0 Å². The Kier molecular flexibility index (Phi) is 4.41. The standard InChI is InChI=1S/C11H14N2O/c1-2-7-13-11(14)4-3-10-5-8-12-9-6-10/h3-6,8-9H,2,7H2,1H3,(H,13,14)/b4-3+. The Morgan fingerprint density at radius 1 is 1.50 bits per heavy atom. The van der Waals surface area contributed by atoms with E-state index in [9.17, 15) is 4.79 Å². The van der Waals surface area contributed by atoms with Crippen molar-refractivity contribution in [1.82, 2.24) is 10.3 Å². The largest absolute Gasteiger partial charge is 0.353 e. The van der Waals surface area contributed by atoms with Gasteiger partial charge in [-0.2, -0.15) is 0 Å². The molecule has 0 aliphatic rings. The summed E-state index contributed by atoms with van der Waals surface area (Å²) < 4.78 is 0. The number of nitrogens with one attached hydrogen (secondary N) is 1. The van der Waals surface area contributed by atoms with Gasteiger partial charge in [0.2, 0.25) is 5.91 Å². The molecule has 0 aliphatic heterocycles. The molecule has 14 heavy (non-hydrogen) atoms. The molecule has 0 aromatic carbocycles. The summed E-state index contributed by atoms with van der Waals surface area (Å²) in [6, 6.07) is 3.70. The van der Waals surface area contributed by atoms with Crippen molar-refractivity contribution >= 4 is 12.0 Å². The van der Waals surface area contributed by atoms with Crippen molar-refractivity contribution in [3.8, 4) is 0 Å². The fraction of sp³-hybridized carbons (Fsp3) is 0.273. The third-order valence-electron chi connectivity index (χ3n) is 1.68. The highest BCUT2D eigenvalue weighted by Gasteiger charge is 1.91. The van der Waals surface area contributed by atoms with Gasteiger partial charge in [-0.3, -0.25) is 9.78 Å². The van der Waals surface area contributed by atoms with Crippen LogP contribution in [0.5, 0.6) is 0 Å². The van der Waals surface area contributed by atoms with E-state index in [1.807, 2.05) is 19.1 Å². The van der Waals surface area contributed by atoms with Crippen molar-refractivity contribution in [3.05, 3.63) is 36.2 Å². The maximum absolute atomic E-state index is 11.2. The van der Waals surface area contributed by atoms with Gasteiger partial charge in [0.05, 0.1) is 0 Å². The molecule has 1 heterocycles. The van der Waals surface area contributed by atoms with Gasteiger partial charge in [-0.15, -0.1) is 0 Å². The predicted molar refractivity (Wildman–Crippen MR) is 56.6 cm³/mol.